The molecule has 0 saturated carbocycles. The van der Waals surface area contributed by atoms with Gasteiger partial charge in [-0.3, -0.25) is 0 Å². The van der Waals surface area contributed by atoms with Gasteiger partial charge in [-0.25, -0.2) is 9.18 Å². The summed E-state index contributed by atoms with van der Waals surface area (Å²) in [6, 6.07) is 9.28. The summed E-state index contributed by atoms with van der Waals surface area (Å²) in [5.41, 5.74) is 3.01. The van der Waals surface area contributed by atoms with E-state index in [9.17, 15) is 9.18 Å². The number of benzene rings is 2. The third-order valence-electron chi connectivity index (χ3n) is 3.30. The highest BCUT2D eigenvalue weighted by Gasteiger charge is 2.05. The number of aryl methyl sites for hydroxylation is 2. The maximum atomic E-state index is 12.9. The van der Waals surface area contributed by atoms with Crippen LogP contribution in [0.4, 0.5) is 14.9 Å². The Kier molecular flexibility index (Phi) is 5.82. The van der Waals surface area contributed by atoms with Crippen LogP contribution >= 0.6 is 11.6 Å². The zero-order valence-corrected chi connectivity index (χ0v) is 13.7. The Hall–Kier alpha value is -2.27. The summed E-state index contributed by atoms with van der Waals surface area (Å²) in [6.45, 7) is 4.52. The average Bonchev–Trinajstić information content (AvgIpc) is 2.49. The topological polar surface area (TPSA) is 50.4 Å². The SMILES string of the molecule is Cc1ccc(NC(=O)NCCOc2ccc(F)cc2Cl)cc1C. The van der Waals surface area contributed by atoms with Gasteiger partial charge >= 0.3 is 6.03 Å². The molecule has 2 rings (SSSR count). The number of hydrogen-bond donors (Lipinski definition) is 2. The molecule has 0 unspecified atom stereocenters. The smallest absolute Gasteiger partial charge is 0.319 e. The van der Waals surface area contributed by atoms with E-state index in [4.69, 9.17) is 16.3 Å². The number of ether oxygens (including phenoxy) is 1. The molecule has 6 heteroatoms. The molecule has 0 aliphatic carbocycles. The van der Waals surface area contributed by atoms with E-state index in [1.165, 1.54) is 23.8 Å². The lowest BCUT2D eigenvalue weighted by atomic mass is 10.1. The monoisotopic (exact) mass is 336 g/mol. The van der Waals surface area contributed by atoms with Gasteiger partial charge in [-0.1, -0.05) is 17.7 Å². The van der Waals surface area contributed by atoms with Gasteiger partial charge in [-0.15, -0.1) is 0 Å². The molecule has 0 bridgehead atoms. The Morgan fingerprint density at radius 1 is 1.17 bits per heavy atom. The van der Waals surface area contributed by atoms with Crippen LogP contribution < -0.4 is 15.4 Å². The predicted molar refractivity (Wildman–Crippen MR) is 89.8 cm³/mol. The van der Waals surface area contributed by atoms with E-state index < -0.39 is 5.82 Å². The van der Waals surface area contributed by atoms with E-state index in [-0.39, 0.29) is 17.7 Å². The first kappa shape index (κ1) is 17.1. The van der Waals surface area contributed by atoms with Crippen molar-refractivity contribution in [2.75, 3.05) is 18.5 Å². The van der Waals surface area contributed by atoms with E-state index in [0.29, 0.717) is 12.3 Å². The molecule has 0 fully saturated rings. The van der Waals surface area contributed by atoms with Crippen LogP contribution in [0.5, 0.6) is 5.75 Å². The maximum Gasteiger partial charge on any atom is 0.319 e. The van der Waals surface area contributed by atoms with Gasteiger partial charge in [0.1, 0.15) is 18.2 Å². The van der Waals surface area contributed by atoms with Crippen molar-refractivity contribution in [3.8, 4) is 5.75 Å². The summed E-state index contributed by atoms with van der Waals surface area (Å²) in [5.74, 6) is -0.0438. The van der Waals surface area contributed by atoms with Crippen LogP contribution in [0.3, 0.4) is 0 Å². The van der Waals surface area contributed by atoms with Crippen molar-refractivity contribution in [3.63, 3.8) is 0 Å². The number of halogens is 2. The van der Waals surface area contributed by atoms with Crippen molar-refractivity contribution in [3.05, 3.63) is 58.4 Å². The molecule has 0 spiro atoms. The first-order valence-corrected chi connectivity index (χ1v) is 7.53. The van der Waals surface area contributed by atoms with Crippen LogP contribution in [0.15, 0.2) is 36.4 Å². The molecule has 23 heavy (non-hydrogen) atoms. The number of carbonyl (C=O) groups excluding carboxylic acids is 1. The molecule has 0 heterocycles. The molecule has 2 amide bonds. The first-order valence-electron chi connectivity index (χ1n) is 7.15. The van der Waals surface area contributed by atoms with E-state index in [0.717, 1.165) is 11.3 Å². The number of amides is 2. The number of rotatable bonds is 5. The Morgan fingerprint density at radius 3 is 2.65 bits per heavy atom. The van der Waals surface area contributed by atoms with Gasteiger partial charge in [-0.05, 0) is 55.3 Å². The first-order chi connectivity index (χ1) is 11.0. The number of anilines is 1. The van der Waals surface area contributed by atoms with Crippen molar-refractivity contribution < 1.29 is 13.9 Å². The summed E-state index contributed by atoms with van der Waals surface area (Å²) in [7, 11) is 0. The quantitative estimate of drug-likeness (QED) is 0.800. The lowest BCUT2D eigenvalue weighted by Gasteiger charge is -2.11. The molecule has 0 atom stereocenters. The minimum atomic E-state index is -0.423. The molecule has 0 aliphatic rings. The van der Waals surface area contributed by atoms with Gasteiger partial charge in [0.05, 0.1) is 11.6 Å². The zero-order valence-electron chi connectivity index (χ0n) is 13.0. The van der Waals surface area contributed by atoms with Crippen molar-refractivity contribution in [1.29, 1.82) is 0 Å². The van der Waals surface area contributed by atoms with Crippen LogP contribution in [-0.2, 0) is 0 Å². The molecular weight excluding hydrogens is 319 g/mol. The predicted octanol–water partition coefficient (Wildman–Crippen LogP) is 4.30. The van der Waals surface area contributed by atoms with Crippen LogP contribution in [0.1, 0.15) is 11.1 Å². The van der Waals surface area contributed by atoms with Gasteiger partial charge in [0.2, 0.25) is 0 Å². The van der Waals surface area contributed by atoms with Gasteiger partial charge in [-0.2, -0.15) is 0 Å². The van der Waals surface area contributed by atoms with Crippen LogP contribution in [-0.4, -0.2) is 19.2 Å². The highest BCUT2D eigenvalue weighted by Crippen LogP contribution is 2.24. The molecular formula is C17H18ClFN2O2. The Labute approximate surface area is 139 Å². The number of carbonyl (C=O) groups is 1. The van der Waals surface area contributed by atoms with Crippen molar-refractivity contribution in [1.82, 2.24) is 5.32 Å². The van der Waals surface area contributed by atoms with Gasteiger partial charge < -0.3 is 15.4 Å². The van der Waals surface area contributed by atoms with Crippen LogP contribution in [0.25, 0.3) is 0 Å². The second-order valence-corrected chi connectivity index (χ2v) is 5.51. The molecule has 4 nitrogen and oxygen atoms in total. The molecule has 0 aliphatic heterocycles. The molecule has 2 aromatic carbocycles. The normalized spacial score (nSPS) is 10.3. The summed E-state index contributed by atoms with van der Waals surface area (Å²) in [5, 5.41) is 5.62. The Morgan fingerprint density at radius 2 is 1.96 bits per heavy atom. The largest absolute Gasteiger partial charge is 0.490 e. The number of nitrogens with one attached hydrogen (secondary N) is 2. The summed E-state index contributed by atoms with van der Waals surface area (Å²) < 4.78 is 18.3. The summed E-state index contributed by atoms with van der Waals surface area (Å²) in [6.07, 6.45) is 0. The second kappa shape index (κ2) is 7.83. The standard InChI is InChI=1S/C17H18ClFN2O2/c1-11-3-5-14(9-12(11)2)21-17(22)20-7-8-23-16-6-4-13(19)10-15(16)18/h3-6,9-10H,7-8H2,1-2H3,(H2,20,21,22). The van der Waals surface area contributed by atoms with Crippen LogP contribution in [0, 0.1) is 19.7 Å². The minimum Gasteiger partial charge on any atom is -0.490 e. The molecule has 122 valence electrons. The highest BCUT2D eigenvalue weighted by atomic mass is 35.5. The van der Waals surface area contributed by atoms with E-state index >= 15 is 0 Å². The lowest BCUT2D eigenvalue weighted by Crippen LogP contribution is -2.32. The third kappa shape index (κ3) is 5.14. The second-order valence-electron chi connectivity index (χ2n) is 5.10. The van der Waals surface area contributed by atoms with Gasteiger partial charge in [0.25, 0.3) is 0 Å². The molecule has 2 N–H and O–H groups in total. The van der Waals surface area contributed by atoms with E-state index in [2.05, 4.69) is 10.6 Å². The zero-order chi connectivity index (χ0) is 16.8. The number of urea groups is 1. The molecule has 0 radical (unpaired) electrons. The lowest BCUT2D eigenvalue weighted by molar-refractivity contribution is 0.247. The fourth-order valence-electron chi connectivity index (χ4n) is 1.91. The van der Waals surface area contributed by atoms with Crippen molar-refractivity contribution >= 4 is 23.3 Å². The molecule has 0 aromatic heterocycles. The fourth-order valence-corrected chi connectivity index (χ4v) is 2.13. The van der Waals surface area contributed by atoms with Crippen molar-refractivity contribution in [2.45, 2.75) is 13.8 Å². The minimum absolute atomic E-state index is 0.199. The molecule has 2 aromatic rings. The maximum absolute atomic E-state index is 12.9. The Balaban J connectivity index is 1.75. The fraction of sp³-hybridized carbons (Fsp3) is 0.235. The summed E-state index contributed by atoms with van der Waals surface area (Å²) >= 11 is 5.84. The van der Waals surface area contributed by atoms with E-state index in [1.807, 2.05) is 32.0 Å². The van der Waals surface area contributed by atoms with Crippen molar-refractivity contribution in [2.24, 2.45) is 0 Å². The van der Waals surface area contributed by atoms with Crippen LogP contribution in [0.2, 0.25) is 5.02 Å². The highest BCUT2D eigenvalue weighted by molar-refractivity contribution is 6.32. The summed E-state index contributed by atoms with van der Waals surface area (Å²) in [4.78, 5) is 11.8. The average molecular weight is 337 g/mol. The van der Waals surface area contributed by atoms with Gasteiger partial charge in [0, 0.05) is 5.69 Å². The van der Waals surface area contributed by atoms with E-state index in [1.54, 1.807) is 0 Å². The third-order valence-corrected chi connectivity index (χ3v) is 3.60. The Bertz CT molecular complexity index is 707. The van der Waals surface area contributed by atoms with Gasteiger partial charge in [0.15, 0.2) is 0 Å². The molecule has 0 saturated heterocycles. The number of hydrogen-bond acceptors (Lipinski definition) is 2.